The maximum Gasteiger partial charge on any atom is 0.296 e. The summed E-state index contributed by atoms with van der Waals surface area (Å²) in [5, 5.41) is 13.2. The van der Waals surface area contributed by atoms with Crippen LogP contribution in [0, 0.1) is 31.0 Å². The molecule has 12 heteroatoms. The van der Waals surface area contributed by atoms with E-state index in [1.54, 1.807) is 55.9 Å². The van der Waals surface area contributed by atoms with Gasteiger partial charge in [-0.3, -0.25) is 28.5 Å². The van der Waals surface area contributed by atoms with Gasteiger partial charge < -0.3 is 5.32 Å². The number of thioether (sulfide) groups is 1. The normalized spacial score (nSPS) is 14.0. The summed E-state index contributed by atoms with van der Waals surface area (Å²) in [7, 11) is 1.74. The number of amides is 1. The summed E-state index contributed by atoms with van der Waals surface area (Å²) in [6.07, 6.45) is 2.23. The van der Waals surface area contributed by atoms with Crippen LogP contribution in [-0.4, -0.2) is 24.2 Å². The molecule has 1 aliphatic heterocycles. The maximum absolute atomic E-state index is 14.0. The van der Waals surface area contributed by atoms with Gasteiger partial charge in [0.15, 0.2) is 4.32 Å². The Kier molecular flexibility index (Phi) is 8.71. The number of anilines is 2. The molecule has 0 spiro atoms. The first-order valence-electron chi connectivity index (χ1n) is 13.9. The Morgan fingerprint density at radius 3 is 2.36 bits per heavy atom. The Morgan fingerprint density at radius 2 is 1.73 bits per heavy atom. The fourth-order valence-electron chi connectivity index (χ4n) is 5.18. The number of nitrogens with zero attached hydrogens (tertiary/aromatic N) is 5. The van der Waals surface area contributed by atoms with Crippen LogP contribution in [0.5, 0.6) is 0 Å². The fourth-order valence-corrected chi connectivity index (χ4v) is 6.43. The Labute approximate surface area is 262 Å². The third kappa shape index (κ3) is 5.40. The van der Waals surface area contributed by atoms with Crippen LogP contribution >= 0.6 is 24.0 Å². The lowest BCUT2D eigenvalue weighted by molar-refractivity contribution is -0.113. The van der Waals surface area contributed by atoms with E-state index >= 15 is 0 Å². The number of nitriles is 1. The molecule has 0 unspecified atom stereocenters. The zero-order chi connectivity index (χ0) is 31.7. The van der Waals surface area contributed by atoms with Gasteiger partial charge in [0.2, 0.25) is 0 Å². The van der Waals surface area contributed by atoms with E-state index in [0.29, 0.717) is 41.3 Å². The van der Waals surface area contributed by atoms with Gasteiger partial charge in [-0.2, -0.15) is 5.26 Å². The van der Waals surface area contributed by atoms with E-state index in [1.165, 1.54) is 26.3 Å². The first-order valence-corrected chi connectivity index (χ1v) is 15.1. The Morgan fingerprint density at radius 1 is 1.05 bits per heavy atom. The van der Waals surface area contributed by atoms with Gasteiger partial charge in [-0.15, -0.1) is 0 Å². The number of nitrogens with one attached hydrogen (secondary N) is 1. The summed E-state index contributed by atoms with van der Waals surface area (Å²) >= 11 is 6.67. The van der Waals surface area contributed by atoms with E-state index in [2.05, 4.69) is 5.32 Å². The number of hydrogen-bond acceptors (Lipinski definition) is 7. The third-order valence-electron chi connectivity index (χ3n) is 7.51. The molecule has 9 nitrogen and oxygen atoms in total. The van der Waals surface area contributed by atoms with Gasteiger partial charge in [-0.25, -0.2) is 9.07 Å². The van der Waals surface area contributed by atoms with Crippen molar-refractivity contribution in [2.24, 2.45) is 7.05 Å². The van der Waals surface area contributed by atoms with Crippen molar-refractivity contribution in [1.82, 2.24) is 13.9 Å². The molecule has 0 saturated carbocycles. The number of thiocarbonyl (C=S) groups is 1. The standard InChI is InChI=1S/C32H29FN6O3S2/c1-5-15-37-28(35-18-21-11-13-22(33)14-12-21)24(19(2)25(17-34)29(37)40)16-26-30(41)38(32(43)44-26)27-20(3)36(4)39(31(27)42)23-9-7-6-8-10-23/h6-14,16,35H,5,15,18H2,1-4H3/b26-16+. The summed E-state index contributed by atoms with van der Waals surface area (Å²) in [6, 6.07) is 17.1. The highest BCUT2D eigenvalue weighted by Gasteiger charge is 2.38. The summed E-state index contributed by atoms with van der Waals surface area (Å²) in [6.45, 7) is 5.91. The zero-order valence-electron chi connectivity index (χ0n) is 24.6. The highest BCUT2D eigenvalue weighted by Crippen LogP contribution is 2.38. The molecule has 0 radical (unpaired) electrons. The number of aromatic nitrogens is 3. The number of carbonyl (C=O) groups excluding carboxylic acids is 1. The Bertz CT molecular complexity index is 1990. The minimum atomic E-state index is -0.485. The molecule has 0 bridgehead atoms. The van der Waals surface area contributed by atoms with Crippen LogP contribution in [-0.2, 0) is 24.9 Å². The monoisotopic (exact) mass is 628 g/mol. The fraction of sp³-hybridized carbons (Fsp3) is 0.219. The molecule has 224 valence electrons. The SMILES string of the molecule is CCCn1c(NCc2ccc(F)cc2)c(/C=C2/SC(=S)N(c3c(C)n(C)n(-c4ccccc4)c3=O)C2=O)c(C)c(C#N)c1=O. The van der Waals surface area contributed by atoms with Crippen molar-refractivity contribution >= 4 is 51.8 Å². The van der Waals surface area contributed by atoms with E-state index in [1.807, 2.05) is 31.2 Å². The molecule has 3 heterocycles. The van der Waals surface area contributed by atoms with Gasteiger partial charge in [-0.1, -0.05) is 61.2 Å². The maximum atomic E-state index is 14.0. The number of halogens is 1. The molecule has 2 aromatic heterocycles. The smallest absolute Gasteiger partial charge is 0.296 e. The summed E-state index contributed by atoms with van der Waals surface area (Å²) < 4.78 is 18.3. The molecular formula is C32H29FN6O3S2. The first kappa shape index (κ1) is 30.7. The molecular weight excluding hydrogens is 600 g/mol. The molecule has 44 heavy (non-hydrogen) atoms. The van der Waals surface area contributed by atoms with Crippen LogP contribution in [0.4, 0.5) is 15.9 Å². The first-order chi connectivity index (χ1) is 21.1. The van der Waals surface area contributed by atoms with Crippen molar-refractivity contribution in [1.29, 1.82) is 5.26 Å². The highest BCUT2D eigenvalue weighted by molar-refractivity contribution is 8.27. The molecule has 1 saturated heterocycles. The number of pyridine rings is 1. The average Bonchev–Trinajstić information content (AvgIpc) is 3.40. The van der Waals surface area contributed by atoms with Crippen LogP contribution in [0.3, 0.4) is 0 Å². The van der Waals surface area contributed by atoms with Gasteiger partial charge in [-0.05, 0) is 61.7 Å². The van der Waals surface area contributed by atoms with Crippen LogP contribution in [0.25, 0.3) is 11.8 Å². The molecule has 1 aliphatic rings. The highest BCUT2D eigenvalue weighted by atomic mass is 32.2. The number of benzene rings is 2. The summed E-state index contributed by atoms with van der Waals surface area (Å²) in [5.41, 5.74) is 2.13. The molecule has 2 aromatic carbocycles. The van der Waals surface area contributed by atoms with Crippen molar-refractivity contribution in [2.75, 3.05) is 10.2 Å². The van der Waals surface area contributed by atoms with Gasteiger partial charge in [0.05, 0.1) is 16.3 Å². The van der Waals surface area contributed by atoms with Crippen LogP contribution in [0.2, 0.25) is 0 Å². The van der Waals surface area contributed by atoms with Crippen molar-refractivity contribution in [2.45, 2.75) is 40.3 Å². The second-order valence-corrected chi connectivity index (χ2v) is 11.9. The number of para-hydroxylation sites is 1. The van der Waals surface area contributed by atoms with Crippen molar-refractivity contribution in [3.05, 3.63) is 114 Å². The number of rotatable bonds is 8. The topological polar surface area (TPSA) is 105 Å². The van der Waals surface area contributed by atoms with Crippen LogP contribution in [0.1, 0.15) is 41.3 Å². The quantitative estimate of drug-likeness (QED) is 0.206. The second-order valence-electron chi connectivity index (χ2n) is 10.2. The number of hydrogen-bond donors (Lipinski definition) is 1. The number of carbonyl (C=O) groups is 1. The molecule has 5 rings (SSSR count). The van der Waals surface area contributed by atoms with E-state index in [4.69, 9.17) is 12.2 Å². The van der Waals surface area contributed by atoms with Crippen LogP contribution in [0.15, 0.2) is 69.1 Å². The van der Waals surface area contributed by atoms with Crippen molar-refractivity contribution < 1.29 is 9.18 Å². The molecule has 1 fully saturated rings. The predicted molar refractivity (Wildman–Crippen MR) is 176 cm³/mol. The van der Waals surface area contributed by atoms with Gasteiger partial charge in [0.1, 0.15) is 29.0 Å². The van der Waals surface area contributed by atoms with E-state index in [9.17, 15) is 24.0 Å². The average molecular weight is 629 g/mol. The lowest BCUT2D eigenvalue weighted by Crippen LogP contribution is -2.33. The van der Waals surface area contributed by atoms with E-state index < -0.39 is 17.0 Å². The molecule has 4 aromatic rings. The molecule has 0 atom stereocenters. The summed E-state index contributed by atoms with van der Waals surface area (Å²) in [5.74, 6) is -0.426. The Hall–Kier alpha value is -4.73. The predicted octanol–water partition coefficient (Wildman–Crippen LogP) is 5.39. The van der Waals surface area contributed by atoms with E-state index in [-0.39, 0.29) is 32.8 Å². The van der Waals surface area contributed by atoms with Gasteiger partial charge in [0.25, 0.3) is 17.0 Å². The molecule has 1 amide bonds. The lowest BCUT2D eigenvalue weighted by Gasteiger charge is -2.20. The van der Waals surface area contributed by atoms with Crippen LogP contribution < -0.4 is 21.3 Å². The second kappa shape index (κ2) is 12.5. The van der Waals surface area contributed by atoms with E-state index in [0.717, 1.165) is 17.3 Å². The van der Waals surface area contributed by atoms with Crippen molar-refractivity contribution in [3.63, 3.8) is 0 Å². The van der Waals surface area contributed by atoms with Crippen molar-refractivity contribution in [3.8, 4) is 11.8 Å². The Balaban J connectivity index is 1.62. The van der Waals surface area contributed by atoms with Gasteiger partial charge in [0, 0.05) is 25.7 Å². The zero-order valence-corrected chi connectivity index (χ0v) is 26.2. The molecule has 1 N–H and O–H groups in total. The minimum Gasteiger partial charge on any atom is -0.367 e. The molecule has 0 aliphatic carbocycles. The lowest BCUT2D eigenvalue weighted by atomic mass is 10.0. The minimum absolute atomic E-state index is 0.0304. The summed E-state index contributed by atoms with van der Waals surface area (Å²) in [4.78, 5) is 42.5. The third-order valence-corrected chi connectivity index (χ3v) is 8.81. The van der Waals surface area contributed by atoms with Gasteiger partial charge >= 0.3 is 0 Å². The largest absolute Gasteiger partial charge is 0.367 e.